The average molecular weight is 452 g/mol. The molecule has 0 aliphatic heterocycles. The zero-order valence-electron chi connectivity index (χ0n) is 15.8. The lowest BCUT2D eigenvalue weighted by Gasteiger charge is -2.10. The number of hydrogen-bond acceptors (Lipinski definition) is 6. The molecule has 1 heterocycles. The van der Waals surface area contributed by atoms with Crippen molar-refractivity contribution in [2.24, 2.45) is 0 Å². The molecule has 2 aromatic carbocycles. The standard InChI is InChI=1S/C19H18ClN3O4S2/c1-11-4-7-14(8-5-11)29(25,26)23-19-21-12(2)17(28-19)18(24)22-15-10-13(20)6-9-16(15)27-3/h4-10H,1-3H3,(H,21,23)(H,22,24). The number of carbonyl (C=O) groups is 1. The third-order valence-corrected chi connectivity index (χ3v) is 6.76. The number of sulfonamides is 1. The number of anilines is 2. The molecule has 0 aliphatic carbocycles. The van der Waals surface area contributed by atoms with Crippen LogP contribution in [0.15, 0.2) is 47.4 Å². The zero-order valence-corrected chi connectivity index (χ0v) is 18.2. The molecule has 0 saturated carbocycles. The van der Waals surface area contributed by atoms with Crippen LogP contribution in [-0.4, -0.2) is 26.4 Å². The maximum Gasteiger partial charge on any atom is 0.267 e. The number of nitrogens with one attached hydrogen (secondary N) is 2. The molecule has 1 aromatic heterocycles. The summed E-state index contributed by atoms with van der Waals surface area (Å²) >= 11 is 6.93. The Labute approximate surface area is 177 Å². The van der Waals surface area contributed by atoms with Crippen molar-refractivity contribution in [3.05, 3.63) is 63.6 Å². The van der Waals surface area contributed by atoms with Crippen molar-refractivity contribution in [2.45, 2.75) is 18.7 Å². The Morgan fingerprint density at radius 3 is 2.48 bits per heavy atom. The highest BCUT2D eigenvalue weighted by atomic mass is 35.5. The van der Waals surface area contributed by atoms with Gasteiger partial charge >= 0.3 is 0 Å². The summed E-state index contributed by atoms with van der Waals surface area (Å²) in [5.41, 5.74) is 1.75. The number of thiazole rings is 1. The summed E-state index contributed by atoms with van der Waals surface area (Å²) in [6.07, 6.45) is 0. The van der Waals surface area contributed by atoms with Crippen LogP contribution in [0.5, 0.6) is 5.75 Å². The molecule has 0 atom stereocenters. The van der Waals surface area contributed by atoms with Gasteiger partial charge < -0.3 is 10.1 Å². The number of nitrogens with zero attached hydrogens (tertiary/aromatic N) is 1. The molecule has 152 valence electrons. The van der Waals surface area contributed by atoms with Crippen LogP contribution in [0.1, 0.15) is 20.9 Å². The van der Waals surface area contributed by atoms with Crippen LogP contribution in [0.4, 0.5) is 10.8 Å². The lowest BCUT2D eigenvalue weighted by atomic mass is 10.2. The number of hydrogen-bond donors (Lipinski definition) is 2. The molecule has 0 spiro atoms. The van der Waals surface area contributed by atoms with E-state index in [9.17, 15) is 13.2 Å². The number of amides is 1. The van der Waals surface area contributed by atoms with Gasteiger partial charge in [0, 0.05) is 5.02 Å². The van der Waals surface area contributed by atoms with Crippen LogP contribution >= 0.6 is 22.9 Å². The van der Waals surface area contributed by atoms with Crippen LogP contribution in [0.2, 0.25) is 5.02 Å². The Bertz CT molecular complexity index is 1160. The van der Waals surface area contributed by atoms with Crippen LogP contribution in [0.25, 0.3) is 0 Å². The van der Waals surface area contributed by atoms with Gasteiger partial charge in [-0.2, -0.15) is 0 Å². The monoisotopic (exact) mass is 451 g/mol. The van der Waals surface area contributed by atoms with Crippen LogP contribution in [0.3, 0.4) is 0 Å². The average Bonchev–Trinajstić information content (AvgIpc) is 3.02. The van der Waals surface area contributed by atoms with Crippen LogP contribution in [-0.2, 0) is 10.0 Å². The molecule has 10 heteroatoms. The third kappa shape index (κ3) is 4.87. The first-order chi connectivity index (χ1) is 13.7. The molecule has 0 bridgehead atoms. The highest BCUT2D eigenvalue weighted by Crippen LogP contribution is 2.30. The van der Waals surface area contributed by atoms with Crippen molar-refractivity contribution in [2.75, 3.05) is 17.1 Å². The van der Waals surface area contributed by atoms with E-state index in [1.807, 2.05) is 6.92 Å². The summed E-state index contributed by atoms with van der Waals surface area (Å²) in [5.74, 6) is 0.00608. The second-order valence-electron chi connectivity index (χ2n) is 6.15. The fourth-order valence-corrected chi connectivity index (χ4v) is 4.77. The molecule has 2 N–H and O–H groups in total. The first kappa shape index (κ1) is 21.1. The number of carbonyl (C=O) groups excluding carboxylic acids is 1. The van der Waals surface area contributed by atoms with Gasteiger partial charge in [0.15, 0.2) is 5.13 Å². The topological polar surface area (TPSA) is 97.4 Å². The molecule has 1 amide bonds. The van der Waals surface area contributed by atoms with Crippen molar-refractivity contribution in [3.63, 3.8) is 0 Å². The van der Waals surface area contributed by atoms with E-state index in [0.717, 1.165) is 16.9 Å². The van der Waals surface area contributed by atoms with Crippen molar-refractivity contribution < 1.29 is 17.9 Å². The van der Waals surface area contributed by atoms with E-state index in [4.69, 9.17) is 16.3 Å². The number of halogens is 1. The zero-order chi connectivity index (χ0) is 21.2. The third-order valence-electron chi connectivity index (χ3n) is 3.97. The normalized spacial score (nSPS) is 11.2. The van der Waals surface area contributed by atoms with E-state index < -0.39 is 15.9 Å². The second kappa shape index (κ2) is 8.40. The lowest BCUT2D eigenvalue weighted by molar-refractivity contribution is 0.102. The van der Waals surface area contributed by atoms with Crippen molar-refractivity contribution in [3.8, 4) is 5.75 Å². The maximum atomic E-state index is 12.7. The number of aryl methyl sites for hydroxylation is 2. The smallest absolute Gasteiger partial charge is 0.267 e. The van der Waals surface area contributed by atoms with Crippen LogP contribution in [0, 0.1) is 13.8 Å². The van der Waals surface area contributed by atoms with Gasteiger partial charge in [0.1, 0.15) is 10.6 Å². The molecule has 3 rings (SSSR count). The number of ether oxygens (including phenoxy) is 1. The van der Waals surface area contributed by atoms with Gasteiger partial charge in [-0.05, 0) is 44.2 Å². The Morgan fingerprint density at radius 1 is 1.14 bits per heavy atom. The second-order valence-corrected chi connectivity index (χ2v) is 9.27. The summed E-state index contributed by atoms with van der Waals surface area (Å²) in [4.78, 5) is 17.2. The lowest BCUT2D eigenvalue weighted by Crippen LogP contribution is -2.12. The summed E-state index contributed by atoms with van der Waals surface area (Å²) in [6, 6.07) is 11.3. The Balaban J connectivity index is 1.82. The fraction of sp³-hybridized carbons (Fsp3) is 0.158. The molecular formula is C19H18ClN3O4S2. The van der Waals surface area contributed by atoms with Gasteiger partial charge in [0.25, 0.3) is 15.9 Å². The molecule has 0 aliphatic rings. The number of methoxy groups -OCH3 is 1. The van der Waals surface area contributed by atoms with E-state index in [2.05, 4.69) is 15.0 Å². The van der Waals surface area contributed by atoms with E-state index in [0.29, 0.717) is 22.2 Å². The van der Waals surface area contributed by atoms with Crippen molar-refractivity contribution in [1.29, 1.82) is 0 Å². The predicted octanol–water partition coefficient (Wildman–Crippen LogP) is 4.48. The summed E-state index contributed by atoms with van der Waals surface area (Å²) < 4.78 is 32.7. The van der Waals surface area contributed by atoms with Gasteiger partial charge in [-0.25, -0.2) is 13.4 Å². The fourth-order valence-electron chi connectivity index (χ4n) is 2.50. The van der Waals surface area contributed by atoms with Gasteiger partial charge in [-0.1, -0.05) is 40.6 Å². The minimum atomic E-state index is -3.81. The van der Waals surface area contributed by atoms with E-state index in [1.165, 1.54) is 19.2 Å². The van der Waals surface area contributed by atoms with Crippen molar-refractivity contribution >= 4 is 49.7 Å². The van der Waals surface area contributed by atoms with Gasteiger partial charge in [0.05, 0.1) is 23.4 Å². The van der Waals surface area contributed by atoms with Crippen molar-refractivity contribution in [1.82, 2.24) is 4.98 Å². The number of benzene rings is 2. The largest absolute Gasteiger partial charge is 0.495 e. The van der Waals surface area contributed by atoms with E-state index in [1.54, 1.807) is 37.3 Å². The molecule has 29 heavy (non-hydrogen) atoms. The molecule has 0 radical (unpaired) electrons. The molecule has 0 unspecified atom stereocenters. The first-order valence-electron chi connectivity index (χ1n) is 8.41. The highest BCUT2D eigenvalue weighted by Gasteiger charge is 2.21. The Morgan fingerprint density at radius 2 is 1.83 bits per heavy atom. The highest BCUT2D eigenvalue weighted by molar-refractivity contribution is 7.93. The Kier molecular flexibility index (Phi) is 6.11. The van der Waals surface area contributed by atoms with E-state index >= 15 is 0 Å². The van der Waals surface area contributed by atoms with Gasteiger partial charge in [0.2, 0.25) is 0 Å². The first-order valence-corrected chi connectivity index (χ1v) is 11.1. The van der Waals surface area contributed by atoms with Gasteiger partial charge in [-0.15, -0.1) is 0 Å². The minimum Gasteiger partial charge on any atom is -0.495 e. The number of rotatable bonds is 6. The predicted molar refractivity (Wildman–Crippen MR) is 115 cm³/mol. The summed E-state index contributed by atoms with van der Waals surface area (Å²) in [6.45, 7) is 3.50. The molecule has 3 aromatic rings. The van der Waals surface area contributed by atoms with Gasteiger partial charge in [-0.3, -0.25) is 9.52 Å². The number of aromatic nitrogens is 1. The summed E-state index contributed by atoms with van der Waals surface area (Å²) in [7, 11) is -2.32. The molecule has 0 fully saturated rings. The quantitative estimate of drug-likeness (QED) is 0.576. The van der Waals surface area contributed by atoms with Crippen LogP contribution < -0.4 is 14.8 Å². The molecular weight excluding hydrogens is 434 g/mol. The molecule has 7 nitrogen and oxygen atoms in total. The SMILES string of the molecule is COc1ccc(Cl)cc1NC(=O)c1sc(NS(=O)(=O)c2ccc(C)cc2)nc1C. The Hall–Kier alpha value is -2.62. The summed E-state index contributed by atoms with van der Waals surface area (Å²) in [5, 5.41) is 3.26. The minimum absolute atomic E-state index is 0.103. The van der Waals surface area contributed by atoms with E-state index in [-0.39, 0.29) is 14.9 Å². The molecule has 0 saturated heterocycles. The maximum absolute atomic E-state index is 12.7.